The Kier molecular flexibility index (Phi) is 11.7. The van der Waals surface area contributed by atoms with Gasteiger partial charge in [0.25, 0.3) is 11.8 Å². The molecule has 0 aliphatic heterocycles. The summed E-state index contributed by atoms with van der Waals surface area (Å²) in [6.45, 7) is 0. The van der Waals surface area contributed by atoms with Crippen molar-refractivity contribution < 1.29 is 9.59 Å². The Morgan fingerprint density at radius 1 is 0.722 bits per heavy atom. The van der Waals surface area contributed by atoms with E-state index >= 15 is 0 Å². The van der Waals surface area contributed by atoms with Gasteiger partial charge in [-0.15, -0.1) is 0 Å². The monoisotopic (exact) mass is 284 g/mol. The van der Waals surface area contributed by atoms with Gasteiger partial charge in [-0.1, -0.05) is 25.7 Å². The molecule has 0 aromatic carbocycles. The van der Waals surface area contributed by atoms with E-state index in [4.69, 9.17) is 0 Å². The molecule has 0 fully saturated rings. The summed E-state index contributed by atoms with van der Waals surface area (Å²) in [4.78, 5) is 28.7. The average molecular weight is 284 g/mol. The molecular weight excluding hydrogens is 268 g/mol. The zero-order chi connectivity index (χ0) is 13.6. The van der Waals surface area contributed by atoms with Crippen LogP contribution in [-0.2, 0) is 9.59 Å². The van der Waals surface area contributed by atoms with Crippen molar-refractivity contribution in [1.82, 2.24) is 0 Å². The molecule has 0 spiro atoms. The highest BCUT2D eigenvalue weighted by molar-refractivity contribution is 7.78. The largest absolute Gasteiger partial charge is 0.272 e. The third-order valence-corrected chi connectivity index (χ3v) is 2.55. The first-order chi connectivity index (χ1) is 8.70. The number of nitrogens with zero attached hydrogens (tertiary/aromatic N) is 2. The lowest BCUT2D eigenvalue weighted by molar-refractivity contribution is -0.118. The molecule has 4 nitrogen and oxygen atoms in total. The summed E-state index contributed by atoms with van der Waals surface area (Å²) < 4.78 is 0. The van der Waals surface area contributed by atoms with Crippen LogP contribution in [0.5, 0.6) is 0 Å². The molecule has 0 rings (SSSR count). The van der Waals surface area contributed by atoms with Crippen LogP contribution in [0.2, 0.25) is 0 Å². The van der Waals surface area contributed by atoms with Crippen LogP contribution in [0.25, 0.3) is 0 Å². The second kappa shape index (κ2) is 12.4. The van der Waals surface area contributed by atoms with Crippen molar-refractivity contribution in [3.8, 4) is 0 Å². The Bertz CT molecular complexity index is 334. The summed E-state index contributed by atoms with van der Waals surface area (Å²) in [6.07, 6.45) is 6.62. The highest BCUT2D eigenvalue weighted by Crippen LogP contribution is 2.09. The van der Waals surface area contributed by atoms with Gasteiger partial charge in [0.05, 0.1) is 10.3 Å². The van der Waals surface area contributed by atoms with Gasteiger partial charge < -0.3 is 0 Å². The maximum absolute atomic E-state index is 11.0. The van der Waals surface area contributed by atoms with Crippen LogP contribution in [0.15, 0.2) is 9.98 Å². The Labute approximate surface area is 118 Å². The average Bonchev–Trinajstić information content (AvgIpc) is 2.33. The zero-order valence-electron chi connectivity index (χ0n) is 10.2. The van der Waals surface area contributed by atoms with Crippen molar-refractivity contribution in [2.24, 2.45) is 9.98 Å². The SMILES string of the molecule is O=C(CCCCCCCCC(=O)N=C=S)N=C=S. The molecule has 0 unspecified atom stereocenters. The standard InChI is InChI=1S/C12H16N2O2S2/c15-11(13-9-17)7-5-3-1-2-4-6-8-12(16)14-10-18/h1-8H2. The van der Waals surface area contributed by atoms with Crippen LogP contribution < -0.4 is 0 Å². The maximum atomic E-state index is 11.0. The Morgan fingerprint density at radius 3 is 1.39 bits per heavy atom. The first kappa shape index (κ1) is 16.9. The quantitative estimate of drug-likeness (QED) is 0.370. The summed E-state index contributed by atoms with van der Waals surface area (Å²) in [7, 11) is 0. The van der Waals surface area contributed by atoms with E-state index in [1.54, 1.807) is 0 Å². The lowest BCUT2D eigenvalue weighted by atomic mass is 10.1. The van der Waals surface area contributed by atoms with Crippen LogP contribution in [0.4, 0.5) is 0 Å². The molecule has 0 atom stereocenters. The van der Waals surface area contributed by atoms with Crippen LogP contribution in [0.1, 0.15) is 51.4 Å². The molecular formula is C12H16N2O2S2. The Morgan fingerprint density at radius 2 is 1.06 bits per heavy atom. The summed E-state index contributed by atoms with van der Waals surface area (Å²) in [6, 6.07) is 0. The molecule has 18 heavy (non-hydrogen) atoms. The predicted molar refractivity (Wildman–Crippen MR) is 77.0 cm³/mol. The fourth-order valence-corrected chi connectivity index (χ4v) is 1.68. The number of carbonyl (C=O) groups excluding carboxylic acids is 2. The van der Waals surface area contributed by atoms with Gasteiger partial charge in [0.1, 0.15) is 0 Å². The molecule has 0 aliphatic carbocycles. The van der Waals surface area contributed by atoms with Gasteiger partial charge in [0.2, 0.25) is 0 Å². The number of hydrogen-bond acceptors (Lipinski definition) is 4. The van der Waals surface area contributed by atoms with Crippen molar-refractivity contribution in [3.05, 3.63) is 0 Å². The van der Waals surface area contributed by atoms with Gasteiger partial charge in [-0.05, 0) is 37.3 Å². The van der Waals surface area contributed by atoms with Gasteiger partial charge in [0.15, 0.2) is 0 Å². The molecule has 0 N–H and O–H groups in total. The zero-order valence-corrected chi connectivity index (χ0v) is 11.8. The summed E-state index contributed by atoms with van der Waals surface area (Å²) in [5, 5.41) is 4.13. The number of carbonyl (C=O) groups is 2. The van der Waals surface area contributed by atoms with Gasteiger partial charge >= 0.3 is 0 Å². The lowest BCUT2D eigenvalue weighted by Gasteiger charge is -1.99. The topological polar surface area (TPSA) is 58.9 Å². The number of unbranched alkanes of at least 4 members (excludes halogenated alkanes) is 5. The van der Waals surface area contributed by atoms with Crippen molar-refractivity contribution in [1.29, 1.82) is 0 Å². The number of thiocarbonyl (C=S) groups is 2. The lowest BCUT2D eigenvalue weighted by Crippen LogP contribution is -1.93. The molecule has 0 saturated carbocycles. The van der Waals surface area contributed by atoms with Crippen molar-refractivity contribution in [2.75, 3.05) is 0 Å². The van der Waals surface area contributed by atoms with E-state index < -0.39 is 0 Å². The third kappa shape index (κ3) is 11.4. The van der Waals surface area contributed by atoms with Crippen LogP contribution in [0, 0.1) is 0 Å². The van der Waals surface area contributed by atoms with Crippen LogP contribution >= 0.6 is 24.4 Å². The molecule has 0 radical (unpaired) electrons. The van der Waals surface area contributed by atoms with E-state index in [-0.39, 0.29) is 11.8 Å². The minimum atomic E-state index is -0.200. The predicted octanol–water partition coefficient (Wildman–Crippen LogP) is 3.37. The van der Waals surface area contributed by atoms with Crippen molar-refractivity contribution in [3.63, 3.8) is 0 Å². The number of aliphatic imine (C=N–C) groups is 2. The van der Waals surface area contributed by atoms with Gasteiger partial charge in [-0.3, -0.25) is 9.59 Å². The minimum absolute atomic E-state index is 0.200. The summed E-state index contributed by atoms with van der Waals surface area (Å²) >= 11 is 8.67. The first-order valence-corrected chi connectivity index (χ1v) is 6.73. The van der Waals surface area contributed by atoms with Crippen molar-refractivity contribution >= 4 is 46.6 Å². The van der Waals surface area contributed by atoms with E-state index in [1.807, 2.05) is 0 Å². The van der Waals surface area contributed by atoms with E-state index in [0.717, 1.165) is 38.5 Å². The molecule has 0 aromatic rings. The fraction of sp³-hybridized carbons (Fsp3) is 0.667. The highest BCUT2D eigenvalue weighted by atomic mass is 32.1. The maximum Gasteiger partial charge on any atom is 0.254 e. The van der Waals surface area contributed by atoms with Crippen molar-refractivity contribution in [2.45, 2.75) is 51.4 Å². The molecule has 0 bridgehead atoms. The molecule has 0 saturated heterocycles. The number of isothiocyanates is 2. The minimum Gasteiger partial charge on any atom is -0.272 e. The van der Waals surface area contributed by atoms with Gasteiger partial charge in [-0.25, -0.2) is 0 Å². The molecule has 6 heteroatoms. The molecule has 0 aliphatic rings. The molecule has 98 valence electrons. The smallest absolute Gasteiger partial charge is 0.254 e. The number of hydrogen-bond donors (Lipinski definition) is 0. The van der Waals surface area contributed by atoms with Crippen LogP contribution in [0.3, 0.4) is 0 Å². The van der Waals surface area contributed by atoms with E-state index in [2.05, 4.69) is 44.7 Å². The van der Waals surface area contributed by atoms with E-state index in [0.29, 0.717) is 12.8 Å². The normalized spacial score (nSPS) is 9.11. The summed E-state index contributed by atoms with van der Waals surface area (Å²) in [5.74, 6) is -0.401. The molecule has 0 aromatic heterocycles. The highest BCUT2D eigenvalue weighted by Gasteiger charge is 1.99. The Hall–Kier alpha value is -1.06. The van der Waals surface area contributed by atoms with E-state index in [1.165, 1.54) is 0 Å². The molecule has 0 heterocycles. The van der Waals surface area contributed by atoms with Gasteiger partial charge in [0, 0.05) is 12.8 Å². The third-order valence-electron chi connectivity index (χ3n) is 2.37. The number of amides is 2. The second-order valence-corrected chi connectivity index (χ2v) is 4.18. The fourth-order valence-electron chi connectivity index (χ4n) is 1.47. The second-order valence-electron chi connectivity index (χ2n) is 3.81. The van der Waals surface area contributed by atoms with Gasteiger partial charge in [-0.2, -0.15) is 9.98 Å². The Balaban J connectivity index is 3.31. The summed E-state index contributed by atoms with van der Waals surface area (Å²) in [5.41, 5.74) is 0. The van der Waals surface area contributed by atoms with Crippen LogP contribution in [-0.4, -0.2) is 22.1 Å². The molecule has 2 amide bonds. The number of rotatable bonds is 9. The first-order valence-electron chi connectivity index (χ1n) is 5.92. The van der Waals surface area contributed by atoms with E-state index in [9.17, 15) is 9.59 Å².